The van der Waals surface area contributed by atoms with E-state index in [0.717, 1.165) is 12.8 Å². The molecule has 0 radical (unpaired) electrons. The monoisotopic (exact) mass is 316 g/mol. The zero-order chi connectivity index (χ0) is 17.0. The average molecular weight is 316 g/mol. The number of carboxylic acid groups (broad SMARTS) is 1. The maximum absolute atomic E-state index is 12.6. The van der Waals surface area contributed by atoms with Crippen molar-refractivity contribution in [3.05, 3.63) is 29.8 Å². The lowest BCUT2D eigenvalue weighted by molar-refractivity contribution is -0.145. The number of aliphatic carboxylic acids is 1. The molecule has 2 rings (SSSR count). The van der Waals surface area contributed by atoms with Crippen LogP contribution in [-0.4, -0.2) is 40.6 Å². The topological polar surface area (TPSA) is 90.6 Å². The average Bonchev–Trinajstić information content (AvgIpc) is 3.36. The van der Waals surface area contributed by atoms with Crippen molar-refractivity contribution in [2.75, 3.05) is 6.54 Å². The van der Waals surface area contributed by atoms with Crippen LogP contribution in [0.15, 0.2) is 24.3 Å². The number of amides is 1. The number of hydrogen-bond donors (Lipinski definition) is 1. The van der Waals surface area contributed by atoms with E-state index < -0.39 is 18.0 Å². The number of nitrogens with zero attached hydrogens (tertiary/aromatic N) is 2. The number of ether oxygens (including phenoxy) is 1. The molecule has 2 unspecified atom stereocenters. The molecule has 0 bridgehead atoms. The third-order valence-corrected chi connectivity index (χ3v) is 3.82. The van der Waals surface area contributed by atoms with Gasteiger partial charge >= 0.3 is 5.97 Å². The van der Waals surface area contributed by atoms with Gasteiger partial charge in [-0.3, -0.25) is 9.59 Å². The van der Waals surface area contributed by atoms with E-state index in [9.17, 15) is 9.59 Å². The quantitative estimate of drug-likeness (QED) is 0.831. The second kappa shape index (κ2) is 7.14. The molecule has 0 heterocycles. The Hall–Kier alpha value is -2.55. The molecule has 1 aromatic rings. The Labute approximate surface area is 135 Å². The van der Waals surface area contributed by atoms with Gasteiger partial charge < -0.3 is 14.7 Å². The van der Waals surface area contributed by atoms with Gasteiger partial charge in [0, 0.05) is 12.6 Å². The van der Waals surface area contributed by atoms with Crippen LogP contribution in [-0.2, 0) is 9.59 Å². The van der Waals surface area contributed by atoms with Gasteiger partial charge in [0.05, 0.1) is 11.5 Å². The number of carboxylic acids is 1. The summed E-state index contributed by atoms with van der Waals surface area (Å²) in [5.74, 6) is -1.43. The molecule has 1 saturated carbocycles. The molecule has 1 aromatic carbocycles. The zero-order valence-electron chi connectivity index (χ0n) is 13.2. The normalized spacial score (nSPS) is 16.0. The van der Waals surface area contributed by atoms with E-state index in [0.29, 0.717) is 11.3 Å². The molecular weight excluding hydrogens is 296 g/mol. The van der Waals surface area contributed by atoms with E-state index in [1.807, 2.05) is 6.07 Å². The van der Waals surface area contributed by atoms with Gasteiger partial charge in [-0.25, -0.2) is 0 Å². The molecule has 23 heavy (non-hydrogen) atoms. The summed E-state index contributed by atoms with van der Waals surface area (Å²) in [6, 6.07) is 8.85. The number of carbonyl (C=O) groups excluding carboxylic acids is 1. The van der Waals surface area contributed by atoms with Gasteiger partial charge in [-0.15, -0.1) is 0 Å². The fraction of sp³-hybridized carbons (Fsp3) is 0.471. The first-order valence-corrected chi connectivity index (χ1v) is 7.63. The maximum Gasteiger partial charge on any atom is 0.308 e. The Morgan fingerprint density at radius 3 is 2.61 bits per heavy atom. The first kappa shape index (κ1) is 16.8. The van der Waals surface area contributed by atoms with Gasteiger partial charge in [0.25, 0.3) is 5.91 Å². The first-order valence-electron chi connectivity index (χ1n) is 7.63. The van der Waals surface area contributed by atoms with Crippen molar-refractivity contribution in [2.45, 2.75) is 38.8 Å². The highest BCUT2D eigenvalue weighted by molar-refractivity contribution is 5.82. The van der Waals surface area contributed by atoms with Gasteiger partial charge in [-0.05, 0) is 31.9 Å². The third kappa shape index (κ3) is 4.22. The number of hydrogen-bond acceptors (Lipinski definition) is 4. The molecule has 1 aliphatic carbocycles. The molecule has 2 atom stereocenters. The van der Waals surface area contributed by atoms with Crippen molar-refractivity contribution in [3.8, 4) is 11.8 Å². The number of rotatable bonds is 7. The van der Waals surface area contributed by atoms with Crippen LogP contribution >= 0.6 is 0 Å². The highest BCUT2D eigenvalue weighted by Gasteiger charge is 2.37. The second-order valence-corrected chi connectivity index (χ2v) is 5.83. The van der Waals surface area contributed by atoms with E-state index in [2.05, 4.69) is 0 Å². The summed E-state index contributed by atoms with van der Waals surface area (Å²) in [7, 11) is 0. The Morgan fingerprint density at radius 1 is 1.39 bits per heavy atom. The minimum absolute atomic E-state index is 0.0987. The van der Waals surface area contributed by atoms with Crippen LogP contribution in [0, 0.1) is 17.2 Å². The number of benzene rings is 1. The third-order valence-electron chi connectivity index (χ3n) is 3.82. The van der Waals surface area contributed by atoms with E-state index in [1.165, 1.54) is 0 Å². The van der Waals surface area contributed by atoms with Crippen molar-refractivity contribution in [1.29, 1.82) is 5.26 Å². The second-order valence-electron chi connectivity index (χ2n) is 5.83. The molecule has 0 saturated heterocycles. The molecule has 1 fully saturated rings. The lowest BCUT2D eigenvalue weighted by Gasteiger charge is -2.27. The molecule has 1 amide bonds. The van der Waals surface area contributed by atoms with Crippen LogP contribution < -0.4 is 4.74 Å². The summed E-state index contributed by atoms with van der Waals surface area (Å²) in [6.45, 7) is 3.38. The maximum atomic E-state index is 12.6. The minimum Gasteiger partial charge on any atom is -0.481 e. The zero-order valence-corrected chi connectivity index (χ0v) is 13.2. The first-order chi connectivity index (χ1) is 10.9. The molecule has 1 N–H and O–H groups in total. The summed E-state index contributed by atoms with van der Waals surface area (Å²) in [4.78, 5) is 25.2. The molecule has 0 aromatic heterocycles. The summed E-state index contributed by atoms with van der Waals surface area (Å²) >= 11 is 0. The van der Waals surface area contributed by atoms with Gasteiger partial charge in [0.1, 0.15) is 11.8 Å². The van der Waals surface area contributed by atoms with Crippen LogP contribution in [0.5, 0.6) is 5.75 Å². The van der Waals surface area contributed by atoms with Crippen LogP contribution in [0.2, 0.25) is 0 Å². The van der Waals surface area contributed by atoms with Gasteiger partial charge in [0.2, 0.25) is 0 Å². The van der Waals surface area contributed by atoms with Crippen molar-refractivity contribution in [2.24, 2.45) is 5.92 Å². The van der Waals surface area contributed by atoms with Crippen molar-refractivity contribution >= 4 is 11.9 Å². The number of para-hydroxylation sites is 1. The molecule has 6 nitrogen and oxygen atoms in total. The highest BCUT2D eigenvalue weighted by Crippen LogP contribution is 2.29. The Morgan fingerprint density at radius 2 is 2.04 bits per heavy atom. The van der Waals surface area contributed by atoms with Crippen LogP contribution in [0.4, 0.5) is 0 Å². The summed E-state index contributed by atoms with van der Waals surface area (Å²) in [5, 5.41) is 18.1. The van der Waals surface area contributed by atoms with Crippen LogP contribution in [0.1, 0.15) is 32.3 Å². The Bertz CT molecular complexity index is 634. The SMILES string of the molecule is CC(CN(C(=O)C(C)Oc1ccccc1C#N)C1CC1)C(=O)O. The minimum atomic E-state index is -0.924. The molecule has 1 aliphatic rings. The van der Waals surface area contributed by atoms with Crippen LogP contribution in [0.25, 0.3) is 0 Å². The van der Waals surface area contributed by atoms with Gasteiger partial charge in [0.15, 0.2) is 6.10 Å². The summed E-state index contributed by atoms with van der Waals surface area (Å²) < 4.78 is 5.64. The standard InChI is InChI=1S/C17H20N2O4/c1-11(17(21)22)10-19(14-7-8-14)16(20)12(2)23-15-6-4-3-5-13(15)9-18/h3-6,11-12,14H,7-8,10H2,1-2H3,(H,21,22). The summed E-state index contributed by atoms with van der Waals surface area (Å²) in [5.41, 5.74) is 0.365. The fourth-order valence-corrected chi connectivity index (χ4v) is 2.31. The lowest BCUT2D eigenvalue weighted by atomic mass is 10.1. The van der Waals surface area contributed by atoms with Crippen LogP contribution in [0.3, 0.4) is 0 Å². The lowest BCUT2D eigenvalue weighted by Crippen LogP contribution is -2.45. The van der Waals surface area contributed by atoms with Gasteiger partial charge in [-0.1, -0.05) is 19.1 Å². The number of nitriles is 1. The largest absolute Gasteiger partial charge is 0.481 e. The highest BCUT2D eigenvalue weighted by atomic mass is 16.5. The van der Waals surface area contributed by atoms with Crippen molar-refractivity contribution < 1.29 is 19.4 Å². The molecule has 0 spiro atoms. The van der Waals surface area contributed by atoms with Gasteiger partial charge in [-0.2, -0.15) is 5.26 Å². The van der Waals surface area contributed by atoms with Crippen molar-refractivity contribution in [1.82, 2.24) is 4.90 Å². The molecule has 6 heteroatoms. The Kier molecular flexibility index (Phi) is 5.22. The van der Waals surface area contributed by atoms with Crippen molar-refractivity contribution in [3.63, 3.8) is 0 Å². The summed E-state index contributed by atoms with van der Waals surface area (Å²) in [6.07, 6.45) is 1.00. The fourth-order valence-electron chi connectivity index (χ4n) is 2.31. The smallest absolute Gasteiger partial charge is 0.308 e. The Balaban J connectivity index is 2.07. The molecule has 0 aliphatic heterocycles. The predicted molar refractivity (Wildman–Crippen MR) is 82.8 cm³/mol. The molecule has 122 valence electrons. The predicted octanol–water partition coefficient (Wildman–Crippen LogP) is 2.04. The number of carbonyl (C=O) groups is 2. The molecular formula is C17H20N2O4. The van der Waals surface area contributed by atoms with E-state index in [1.54, 1.807) is 43.0 Å². The van der Waals surface area contributed by atoms with E-state index >= 15 is 0 Å². The van der Waals surface area contributed by atoms with E-state index in [4.69, 9.17) is 15.1 Å². The van der Waals surface area contributed by atoms with E-state index in [-0.39, 0.29) is 18.5 Å².